The van der Waals surface area contributed by atoms with Crippen LogP contribution in [0.15, 0.2) is 42.6 Å². The van der Waals surface area contributed by atoms with Crippen molar-refractivity contribution in [2.75, 3.05) is 33.4 Å². The predicted octanol–water partition coefficient (Wildman–Crippen LogP) is 3.80. The molecule has 7 heteroatoms. The highest BCUT2D eigenvalue weighted by molar-refractivity contribution is 7.20. The first-order chi connectivity index (χ1) is 14.2. The van der Waals surface area contributed by atoms with Gasteiger partial charge in [-0.15, -0.1) is 11.3 Å². The van der Waals surface area contributed by atoms with Crippen LogP contribution in [-0.2, 0) is 11.3 Å². The Kier molecular flexibility index (Phi) is 6.18. The lowest BCUT2D eigenvalue weighted by Gasteiger charge is -2.17. The largest absolute Gasteiger partial charge is 0.383 e. The normalized spacial score (nSPS) is 17.1. The van der Waals surface area contributed by atoms with Gasteiger partial charge in [-0.3, -0.25) is 9.69 Å². The Hall–Kier alpha value is -2.35. The summed E-state index contributed by atoms with van der Waals surface area (Å²) in [6.07, 6.45) is 2.75. The molecule has 0 aliphatic carbocycles. The van der Waals surface area contributed by atoms with E-state index in [0.29, 0.717) is 13.2 Å². The standard InChI is InChI=1S/C22H24FN3O2S/c1-28-12-10-24-21(27)20-19(18-3-2-9-25-22(18)29-20)16-8-11-26(14-16)13-15-4-6-17(23)7-5-15/h2-7,9,16H,8,10-14H2,1H3,(H,24,27). The third kappa shape index (κ3) is 4.47. The van der Waals surface area contributed by atoms with Crippen molar-refractivity contribution in [3.05, 3.63) is 64.4 Å². The molecule has 1 unspecified atom stereocenters. The zero-order valence-corrected chi connectivity index (χ0v) is 17.2. The number of halogens is 1. The molecule has 5 nitrogen and oxygen atoms in total. The van der Waals surface area contributed by atoms with E-state index in [-0.39, 0.29) is 17.6 Å². The summed E-state index contributed by atoms with van der Waals surface area (Å²) in [6, 6.07) is 10.7. The molecule has 1 saturated heterocycles. The quantitative estimate of drug-likeness (QED) is 0.599. The predicted molar refractivity (Wildman–Crippen MR) is 113 cm³/mol. The second-order valence-electron chi connectivity index (χ2n) is 7.30. The smallest absolute Gasteiger partial charge is 0.261 e. The monoisotopic (exact) mass is 413 g/mol. The number of likely N-dealkylation sites (tertiary alicyclic amines) is 1. The minimum Gasteiger partial charge on any atom is -0.383 e. The lowest BCUT2D eigenvalue weighted by Crippen LogP contribution is -2.27. The van der Waals surface area contributed by atoms with Crippen LogP contribution in [0.2, 0.25) is 0 Å². The van der Waals surface area contributed by atoms with Gasteiger partial charge in [-0.25, -0.2) is 9.37 Å². The fourth-order valence-electron chi connectivity index (χ4n) is 3.93. The molecule has 1 amide bonds. The van der Waals surface area contributed by atoms with Crippen molar-refractivity contribution in [3.63, 3.8) is 0 Å². The third-order valence-corrected chi connectivity index (χ3v) is 6.43. The summed E-state index contributed by atoms with van der Waals surface area (Å²) in [7, 11) is 1.62. The number of carbonyl (C=O) groups excluding carboxylic acids is 1. The zero-order chi connectivity index (χ0) is 20.2. The average Bonchev–Trinajstić information content (AvgIpc) is 3.34. The molecule has 1 aliphatic heterocycles. The lowest BCUT2D eigenvalue weighted by atomic mass is 9.95. The fourth-order valence-corrected chi connectivity index (χ4v) is 5.08. The Bertz CT molecular complexity index is 989. The van der Waals surface area contributed by atoms with Gasteiger partial charge < -0.3 is 10.1 Å². The number of amides is 1. The number of hydrogen-bond acceptors (Lipinski definition) is 5. The Morgan fingerprint density at radius 3 is 2.97 bits per heavy atom. The first-order valence-electron chi connectivity index (χ1n) is 9.77. The maximum absolute atomic E-state index is 13.2. The lowest BCUT2D eigenvalue weighted by molar-refractivity contribution is 0.0940. The van der Waals surface area contributed by atoms with E-state index in [1.165, 1.54) is 23.5 Å². The van der Waals surface area contributed by atoms with Gasteiger partial charge in [0.1, 0.15) is 10.6 Å². The highest BCUT2D eigenvalue weighted by Gasteiger charge is 2.30. The van der Waals surface area contributed by atoms with Gasteiger partial charge in [-0.05, 0) is 42.3 Å². The molecule has 2 aromatic heterocycles. The summed E-state index contributed by atoms with van der Waals surface area (Å²) in [5.41, 5.74) is 2.20. The highest BCUT2D eigenvalue weighted by atomic mass is 32.1. The molecule has 1 N–H and O–H groups in total. The van der Waals surface area contributed by atoms with Gasteiger partial charge in [-0.2, -0.15) is 0 Å². The van der Waals surface area contributed by atoms with Crippen molar-refractivity contribution in [3.8, 4) is 0 Å². The van der Waals surface area contributed by atoms with Gasteiger partial charge in [-0.1, -0.05) is 18.2 Å². The second-order valence-corrected chi connectivity index (χ2v) is 8.30. The number of rotatable bonds is 7. The van der Waals surface area contributed by atoms with Crippen LogP contribution in [-0.4, -0.2) is 49.1 Å². The molecule has 4 rings (SSSR count). The van der Waals surface area contributed by atoms with Gasteiger partial charge in [0.15, 0.2) is 0 Å². The number of fused-ring (bicyclic) bond motifs is 1. The van der Waals surface area contributed by atoms with Crippen molar-refractivity contribution in [2.24, 2.45) is 0 Å². The number of pyridine rings is 1. The molecule has 0 saturated carbocycles. The van der Waals surface area contributed by atoms with E-state index in [9.17, 15) is 9.18 Å². The number of thiophene rings is 1. The van der Waals surface area contributed by atoms with Gasteiger partial charge >= 0.3 is 0 Å². The molecule has 1 atom stereocenters. The first kappa shape index (κ1) is 19.9. The van der Waals surface area contributed by atoms with Crippen molar-refractivity contribution < 1.29 is 13.9 Å². The molecule has 0 radical (unpaired) electrons. The van der Waals surface area contributed by atoms with Gasteiger partial charge in [0.05, 0.1) is 11.5 Å². The van der Waals surface area contributed by atoms with E-state index in [1.54, 1.807) is 13.3 Å². The van der Waals surface area contributed by atoms with Crippen LogP contribution in [0.5, 0.6) is 0 Å². The first-order valence-corrected chi connectivity index (χ1v) is 10.6. The Morgan fingerprint density at radius 2 is 2.17 bits per heavy atom. The van der Waals surface area contributed by atoms with E-state index in [1.807, 2.05) is 18.2 Å². The third-order valence-electron chi connectivity index (χ3n) is 5.30. The zero-order valence-electron chi connectivity index (χ0n) is 16.4. The minimum atomic E-state index is -0.214. The summed E-state index contributed by atoms with van der Waals surface area (Å²) >= 11 is 1.46. The number of benzene rings is 1. The molecule has 1 aromatic carbocycles. The number of nitrogens with zero attached hydrogens (tertiary/aromatic N) is 2. The van der Waals surface area contributed by atoms with Gasteiger partial charge in [0.2, 0.25) is 0 Å². The summed E-state index contributed by atoms with van der Waals surface area (Å²) in [5.74, 6) is 0.00280. The van der Waals surface area contributed by atoms with Crippen molar-refractivity contribution in [2.45, 2.75) is 18.9 Å². The van der Waals surface area contributed by atoms with Crippen LogP contribution in [0.3, 0.4) is 0 Å². The summed E-state index contributed by atoms with van der Waals surface area (Å²) < 4.78 is 18.2. The van der Waals surface area contributed by atoms with Crippen LogP contribution >= 0.6 is 11.3 Å². The van der Waals surface area contributed by atoms with Crippen molar-refractivity contribution in [1.29, 1.82) is 0 Å². The highest BCUT2D eigenvalue weighted by Crippen LogP contribution is 2.39. The molecule has 1 fully saturated rings. The number of hydrogen-bond donors (Lipinski definition) is 1. The second kappa shape index (κ2) is 8.98. The minimum absolute atomic E-state index is 0.0583. The maximum atomic E-state index is 13.2. The van der Waals surface area contributed by atoms with E-state index in [0.717, 1.165) is 52.3 Å². The summed E-state index contributed by atoms with van der Waals surface area (Å²) in [5, 5.41) is 4.02. The molecular weight excluding hydrogens is 389 g/mol. The van der Waals surface area contributed by atoms with Crippen LogP contribution < -0.4 is 5.32 Å². The van der Waals surface area contributed by atoms with Crippen molar-refractivity contribution >= 4 is 27.5 Å². The average molecular weight is 414 g/mol. The molecule has 0 bridgehead atoms. The van der Waals surface area contributed by atoms with Crippen LogP contribution in [0.1, 0.15) is 33.1 Å². The van der Waals surface area contributed by atoms with Crippen LogP contribution in [0.25, 0.3) is 10.2 Å². The number of nitrogens with one attached hydrogen (secondary N) is 1. The molecule has 3 aromatic rings. The molecule has 29 heavy (non-hydrogen) atoms. The topological polar surface area (TPSA) is 54.5 Å². The summed E-state index contributed by atoms with van der Waals surface area (Å²) in [4.78, 5) is 21.3. The Balaban J connectivity index is 1.55. The number of aromatic nitrogens is 1. The Labute approximate surface area is 173 Å². The molecule has 152 valence electrons. The number of carbonyl (C=O) groups is 1. The van der Waals surface area contributed by atoms with Gasteiger partial charge in [0, 0.05) is 44.2 Å². The van der Waals surface area contributed by atoms with E-state index >= 15 is 0 Å². The molecule has 3 heterocycles. The molecular formula is C22H24FN3O2S. The van der Waals surface area contributed by atoms with Crippen molar-refractivity contribution in [1.82, 2.24) is 15.2 Å². The molecule has 0 spiro atoms. The number of ether oxygens (including phenoxy) is 1. The van der Waals surface area contributed by atoms with Crippen LogP contribution in [0, 0.1) is 5.82 Å². The van der Waals surface area contributed by atoms with E-state index < -0.39 is 0 Å². The van der Waals surface area contributed by atoms with E-state index in [4.69, 9.17) is 4.74 Å². The Morgan fingerprint density at radius 1 is 1.34 bits per heavy atom. The van der Waals surface area contributed by atoms with Gasteiger partial charge in [0.25, 0.3) is 5.91 Å². The fraction of sp³-hybridized carbons (Fsp3) is 0.364. The van der Waals surface area contributed by atoms with E-state index in [2.05, 4.69) is 21.3 Å². The summed E-state index contributed by atoms with van der Waals surface area (Å²) in [6.45, 7) is 3.57. The number of methoxy groups -OCH3 is 1. The van der Waals surface area contributed by atoms with Crippen LogP contribution in [0.4, 0.5) is 4.39 Å². The maximum Gasteiger partial charge on any atom is 0.261 e. The molecule has 1 aliphatic rings. The SMILES string of the molecule is COCCNC(=O)c1sc2ncccc2c1C1CCN(Cc2ccc(F)cc2)C1.